The lowest BCUT2D eigenvalue weighted by Crippen LogP contribution is -1.95. The fourth-order valence-electron chi connectivity index (χ4n) is 3.09. The van der Waals surface area contributed by atoms with Gasteiger partial charge in [0.25, 0.3) is 0 Å². The molecule has 0 bridgehead atoms. The van der Waals surface area contributed by atoms with Crippen molar-refractivity contribution < 1.29 is 19.8 Å². The lowest BCUT2D eigenvalue weighted by molar-refractivity contribution is 0.0685. The predicted octanol–water partition coefficient (Wildman–Crippen LogP) is 7.05. The quantitative estimate of drug-likeness (QED) is 0.309. The zero-order chi connectivity index (χ0) is 22.5. The van der Waals surface area contributed by atoms with E-state index >= 15 is 0 Å². The lowest BCUT2D eigenvalue weighted by Gasteiger charge is -2.07. The first-order valence-electron chi connectivity index (χ1n) is 9.71. The van der Waals surface area contributed by atoms with Gasteiger partial charge >= 0.3 is 11.9 Å². The van der Waals surface area contributed by atoms with E-state index in [1.54, 1.807) is 36.4 Å². The van der Waals surface area contributed by atoms with Crippen molar-refractivity contribution in [3.63, 3.8) is 0 Å². The topological polar surface area (TPSA) is 74.6 Å². The Morgan fingerprint density at radius 1 is 0.500 bits per heavy atom. The van der Waals surface area contributed by atoms with Crippen molar-refractivity contribution in [3.8, 4) is 11.1 Å². The molecule has 2 N–H and O–H groups in total. The van der Waals surface area contributed by atoms with Gasteiger partial charge < -0.3 is 10.2 Å². The second-order valence-corrected chi connectivity index (χ2v) is 9.21. The zero-order valence-electron chi connectivity index (χ0n) is 16.8. The molecule has 4 aromatic carbocycles. The Kier molecular flexibility index (Phi) is 6.63. The summed E-state index contributed by atoms with van der Waals surface area (Å²) in [5.74, 6) is -1.86. The summed E-state index contributed by atoms with van der Waals surface area (Å²) in [6, 6.07) is 30.1. The SMILES string of the molecule is O=C(O)c1cccc(Sc2ccc(-c3ccc(Sc4cccc(C(=O)O)c4)cc3)cc2)c1. The number of carboxylic acids is 2. The number of hydrogen-bond acceptors (Lipinski definition) is 4. The van der Waals surface area contributed by atoms with Gasteiger partial charge in [-0.05, 0) is 71.8 Å². The molecular weight excluding hydrogens is 440 g/mol. The summed E-state index contributed by atoms with van der Waals surface area (Å²) in [4.78, 5) is 26.1. The molecule has 32 heavy (non-hydrogen) atoms. The van der Waals surface area contributed by atoms with E-state index in [1.165, 1.54) is 23.5 Å². The van der Waals surface area contributed by atoms with Crippen LogP contribution in [0.5, 0.6) is 0 Å². The van der Waals surface area contributed by atoms with Gasteiger partial charge in [0.05, 0.1) is 11.1 Å². The van der Waals surface area contributed by atoms with Gasteiger partial charge in [-0.1, -0.05) is 59.9 Å². The van der Waals surface area contributed by atoms with Crippen LogP contribution in [-0.2, 0) is 0 Å². The average molecular weight is 459 g/mol. The maximum absolute atomic E-state index is 11.1. The maximum Gasteiger partial charge on any atom is 0.335 e. The van der Waals surface area contributed by atoms with Crippen molar-refractivity contribution in [2.75, 3.05) is 0 Å². The summed E-state index contributed by atoms with van der Waals surface area (Å²) < 4.78 is 0. The third-order valence-corrected chi connectivity index (χ3v) is 6.67. The molecule has 6 heteroatoms. The van der Waals surface area contributed by atoms with Gasteiger partial charge in [0.2, 0.25) is 0 Å². The molecule has 0 saturated carbocycles. The minimum absolute atomic E-state index is 0.277. The third kappa shape index (κ3) is 5.41. The number of hydrogen-bond donors (Lipinski definition) is 2. The Balaban J connectivity index is 1.44. The van der Waals surface area contributed by atoms with Gasteiger partial charge in [-0.25, -0.2) is 9.59 Å². The predicted molar refractivity (Wildman–Crippen MR) is 127 cm³/mol. The molecule has 0 fully saturated rings. The van der Waals surface area contributed by atoms with Crippen molar-refractivity contribution in [3.05, 3.63) is 108 Å². The van der Waals surface area contributed by atoms with E-state index in [0.29, 0.717) is 0 Å². The monoisotopic (exact) mass is 458 g/mol. The molecule has 4 rings (SSSR count). The van der Waals surface area contributed by atoms with Crippen molar-refractivity contribution in [1.29, 1.82) is 0 Å². The molecule has 4 aromatic rings. The van der Waals surface area contributed by atoms with Crippen LogP contribution in [0.15, 0.2) is 117 Å². The molecule has 0 spiro atoms. The number of benzene rings is 4. The minimum Gasteiger partial charge on any atom is -0.478 e. The first-order chi connectivity index (χ1) is 15.5. The summed E-state index contributed by atoms with van der Waals surface area (Å²) in [5.41, 5.74) is 2.72. The van der Waals surface area contributed by atoms with Crippen LogP contribution in [0.2, 0.25) is 0 Å². The van der Waals surface area contributed by atoms with Crippen LogP contribution >= 0.6 is 23.5 Å². The molecule has 4 nitrogen and oxygen atoms in total. The molecule has 0 heterocycles. The Bertz CT molecular complexity index is 1160. The summed E-state index contributed by atoms with van der Waals surface area (Å²) in [6.45, 7) is 0. The Morgan fingerprint density at radius 2 is 0.875 bits per heavy atom. The minimum atomic E-state index is -0.931. The fourth-order valence-corrected chi connectivity index (χ4v) is 4.84. The molecule has 0 radical (unpaired) electrons. The van der Waals surface area contributed by atoms with Gasteiger partial charge in [0, 0.05) is 19.6 Å². The van der Waals surface area contributed by atoms with E-state index in [4.69, 9.17) is 10.2 Å². The van der Waals surface area contributed by atoms with Crippen molar-refractivity contribution >= 4 is 35.5 Å². The first-order valence-corrected chi connectivity index (χ1v) is 11.3. The van der Waals surface area contributed by atoms with Crippen LogP contribution in [0.4, 0.5) is 0 Å². The number of carbonyl (C=O) groups is 2. The third-order valence-electron chi connectivity index (χ3n) is 4.68. The second-order valence-electron chi connectivity index (χ2n) is 6.92. The largest absolute Gasteiger partial charge is 0.478 e. The molecule has 0 saturated heterocycles. The Labute approximate surface area is 193 Å². The standard InChI is InChI=1S/C26H18O4S2/c27-25(28)19-3-1-5-23(15-19)31-21-11-7-17(8-12-21)18-9-13-22(14-10-18)32-24-6-2-4-20(16-24)26(29)30/h1-16H,(H,27,28)(H,29,30). The van der Waals surface area contributed by atoms with E-state index in [9.17, 15) is 9.59 Å². The number of carboxylic acid groups (broad SMARTS) is 2. The van der Waals surface area contributed by atoms with Crippen molar-refractivity contribution in [2.24, 2.45) is 0 Å². The second kappa shape index (κ2) is 9.77. The molecule has 0 aliphatic carbocycles. The highest BCUT2D eigenvalue weighted by atomic mass is 32.2. The smallest absolute Gasteiger partial charge is 0.335 e. The van der Waals surface area contributed by atoms with Gasteiger partial charge in [-0.15, -0.1) is 0 Å². The summed E-state index contributed by atoms with van der Waals surface area (Å²) in [7, 11) is 0. The van der Waals surface area contributed by atoms with E-state index in [2.05, 4.69) is 0 Å². The average Bonchev–Trinajstić information content (AvgIpc) is 2.80. The number of rotatable bonds is 7. The number of aromatic carboxylic acids is 2. The molecule has 0 atom stereocenters. The van der Waals surface area contributed by atoms with Gasteiger partial charge in [0.1, 0.15) is 0 Å². The molecule has 0 amide bonds. The highest BCUT2D eigenvalue weighted by Crippen LogP contribution is 2.32. The normalized spacial score (nSPS) is 10.6. The van der Waals surface area contributed by atoms with Crippen LogP contribution in [-0.4, -0.2) is 22.2 Å². The highest BCUT2D eigenvalue weighted by molar-refractivity contribution is 7.99. The van der Waals surface area contributed by atoms with Crippen LogP contribution in [0.3, 0.4) is 0 Å². The molecule has 0 aliphatic rings. The molecule has 0 aliphatic heterocycles. The maximum atomic E-state index is 11.1. The highest BCUT2D eigenvalue weighted by Gasteiger charge is 2.07. The van der Waals surface area contributed by atoms with Crippen LogP contribution in [0.25, 0.3) is 11.1 Å². The molecule has 0 unspecified atom stereocenters. The molecular formula is C26H18O4S2. The molecule has 158 valence electrons. The lowest BCUT2D eigenvalue weighted by atomic mass is 10.1. The van der Waals surface area contributed by atoms with E-state index in [-0.39, 0.29) is 11.1 Å². The van der Waals surface area contributed by atoms with Crippen LogP contribution in [0.1, 0.15) is 20.7 Å². The molecule has 0 aromatic heterocycles. The van der Waals surface area contributed by atoms with Crippen molar-refractivity contribution in [2.45, 2.75) is 19.6 Å². The van der Waals surface area contributed by atoms with E-state index in [1.807, 2.05) is 60.7 Å². The van der Waals surface area contributed by atoms with Crippen molar-refractivity contribution in [1.82, 2.24) is 0 Å². The fraction of sp³-hybridized carbons (Fsp3) is 0. The van der Waals surface area contributed by atoms with Crippen LogP contribution in [0, 0.1) is 0 Å². The van der Waals surface area contributed by atoms with Gasteiger partial charge in [-0.2, -0.15) is 0 Å². The summed E-state index contributed by atoms with van der Waals surface area (Å²) in [6.07, 6.45) is 0. The van der Waals surface area contributed by atoms with Gasteiger partial charge in [-0.3, -0.25) is 0 Å². The summed E-state index contributed by atoms with van der Waals surface area (Å²) >= 11 is 3.04. The zero-order valence-corrected chi connectivity index (χ0v) is 18.4. The van der Waals surface area contributed by atoms with E-state index < -0.39 is 11.9 Å². The Morgan fingerprint density at radius 3 is 1.22 bits per heavy atom. The summed E-state index contributed by atoms with van der Waals surface area (Å²) in [5, 5.41) is 18.3. The Hall–Kier alpha value is -3.48. The van der Waals surface area contributed by atoms with Gasteiger partial charge in [0.15, 0.2) is 0 Å². The van der Waals surface area contributed by atoms with Crippen LogP contribution < -0.4 is 0 Å². The van der Waals surface area contributed by atoms with E-state index in [0.717, 1.165) is 30.7 Å². The first kappa shape index (κ1) is 21.7.